The molecule has 9 heteroatoms. The second kappa shape index (κ2) is 8.65. The van der Waals surface area contributed by atoms with Crippen molar-refractivity contribution in [1.29, 1.82) is 0 Å². The van der Waals surface area contributed by atoms with Crippen molar-refractivity contribution in [2.24, 2.45) is 0 Å². The summed E-state index contributed by atoms with van der Waals surface area (Å²) in [5.74, 6) is 0.289. The number of anilines is 1. The molecule has 4 aromatic rings. The number of aromatic nitrogens is 3. The number of pyridine rings is 1. The zero-order valence-corrected chi connectivity index (χ0v) is 18.1. The number of fused-ring (bicyclic) bond motifs is 3. The molecular weight excluding hydrogens is 414 g/mol. The molecule has 0 aliphatic carbocycles. The highest BCUT2D eigenvalue weighted by Gasteiger charge is 2.21. The van der Waals surface area contributed by atoms with Crippen molar-refractivity contribution in [3.8, 4) is 5.75 Å². The molecule has 2 aromatic heterocycles. The monoisotopic (exact) mass is 435 g/mol. The third-order valence-corrected chi connectivity index (χ3v) is 5.84. The molecular formula is C22H21N5O3S. The third-order valence-electron chi connectivity index (χ3n) is 4.79. The minimum Gasteiger partial charge on any atom is -0.497 e. The smallest absolute Gasteiger partial charge is 0.325 e. The molecule has 1 unspecified atom stereocenters. The van der Waals surface area contributed by atoms with E-state index in [2.05, 4.69) is 20.8 Å². The molecule has 0 aliphatic heterocycles. The third kappa shape index (κ3) is 4.31. The van der Waals surface area contributed by atoms with Gasteiger partial charge in [-0.1, -0.05) is 30.0 Å². The Morgan fingerprint density at radius 1 is 1.10 bits per heavy atom. The molecule has 0 bridgehead atoms. The van der Waals surface area contributed by atoms with Crippen molar-refractivity contribution < 1.29 is 14.3 Å². The highest BCUT2D eigenvalue weighted by atomic mass is 32.2. The first kappa shape index (κ1) is 20.7. The summed E-state index contributed by atoms with van der Waals surface area (Å²) in [5, 5.41) is 14.5. The van der Waals surface area contributed by atoms with Gasteiger partial charge in [0.25, 0.3) is 0 Å². The molecule has 0 spiro atoms. The van der Waals surface area contributed by atoms with Crippen LogP contribution in [0.3, 0.4) is 0 Å². The Balaban J connectivity index is 1.55. The maximum Gasteiger partial charge on any atom is 0.325 e. The first-order valence-electron chi connectivity index (χ1n) is 9.62. The maximum absolute atomic E-state index is 12.6. The summed E-state index contributed by atoms with van der Waals surface area (Å²) in [6.45, 7) is 3.73. The van der Waals surface area contributed by atoms with Crippen molar-refractivity contribution in [3.63, 3.8) is 0 Å². The van der Waals surface area contributed by atoms with Crippen LogP contribution < -0.4 is 15.4 Å². The second-order valence-electron chi connectivity index (χ2n) is 6.96. The summed E-state index contributed by atoms with van der Waals surface area (Å²) in [6.07, 6.45) is 0. The Bertz CT molecular complexity index is 1270. The Labute approximate surface area is 183 Å². The SMILES string of the molecule is COc1ccc2c(C)cc3nnc(SC(C)C(=O)NC(=O)Nc4ccccc4)n3c2c1. The number of amides is 3. The van der Waals surface area contributed by atoms with Gasteiger partial charge in [-0.05, 0) is 49.7 Å². The van der Waals surface area contributed by atoms with E-state index < -0.39 is 17.2 Å². The summed E-state index contributed by atoms with van der Waals surface area (Å²) in [6, 6.07) is 16.1. The van der Waals surface area contributed by atoms with Crippen LogP contribution in [-0.4, -0.2) is 38.9 Å². The van der Waals surface area contributed by atoms with Gasteiger partial charge in [0.1, 0.15) is 5.75 Å². The van der Waals surface area contributed by atoms with Gasteiger partial charge in [-0.15, -0.1) is 10.2 Å². The van der Waals surface area contributed by atoms with E-state index >= 15 is 0 Å². The van der Waals surface area contributed by atoms with Gasteiger partial charge in [-0.2, -0.15) is 0 Å². The molecule has 0 aliphatic rings. The highest BCUT2D eigenvalue weighted by molar-refractivity contribution is 8.00. The van der Waals surface area contributed by atoms with Crippen LogP contribution in [0.4, 0.5) is 10.5 Å². The lowest BCUT2D eigenvalue weighted by Crippen LogP contribution is -2.38. The number of hydrogen-bond donors (Lipinski definition) is 2. The normalized spacial score (nSPS) is 12.0. The van der Waals surface area contributed by atoms with E-state index in [0.29, 0.717) is 22.2 Å². The topological polar surface area (TPSA) is 97.6 Å². The standard InChI is InChI=1S/C22H21N5O3S/c1-13-11-19-25-26-22(27(19)18-12-16(30-3)9-10-17(13)18)31-14(2)20(28)24-21(29)23-15-7-5-4-6-8-15/h4-12,14H,1-3H3,(H2,23,24,28,29). The number of urea groups is 1. The number of rotatable bonds is 5. The summed E-state index contributed by atoms with van der Waals surface area (Å²) >= 11 is 1.23. The van der Waals surface area contributed by atoms with E-state index in [4.69, 9.17) is 4.74 Å². The number of para-hydroxylation sites is 1. The fourth-order valence-corrected chi connectivity index (χ4v) is 4.08. The summed E-state index contributed by atoms with van der Waals surface area (Å²) in [4.78, 5) is 24.7. The molecule has 3 amide bonds. The molecule has 2 N–H and O–H groups in total. The van der Waals surface area contributed by atoms with Crippen LogP contribution in [0.25, 0.3) is 16.6 Å². The summed E-state index contributed by atoms with van der Waals surface area (Å²) in [7, 11) is 1.61. The van der Waals surface area contributed by atoms with Crippen LogP contribution in [0.2, 0.25) is 0 Å². The lowest BCUT2D eigenvalue weighted by atomic mass is 10.1. The number of carbonyl (C=O) groups is 2. The number of nitrogens with zero attached hydrogens (tertiary/aromatic N) is 3. The van der Waals surface area contributed by atoms with Gasteiger partial charge < -0.3 is 10.1 Å². The zero-order valence-electron chi connectivity index (χ0n) is 17.2. The van der Waals surface area contributed by atoms with Gasteiger partial charge >= 0.3 is 6.03 Å². The van der Waals surface area contributed by atoms with E-state index in [-0.39, 0.29) is 0 Å². The minimum absolute atomic E-state index is 0.427. The van der Waals surface area contributed by atoms with Crippen LogP contribution in [0.5, 0.6) is 5.75 Å². The van der Waals surface area contributed by atoms with Crippen LogP contribution in [0, 0.1) is 6.92 Å². The molecule has 1 atom stereocenters. The van der Waals surface area contributed by atoms with E-state index in [1.165, 1.54) is 11.8 Å². The first-order chi connectivity index (χ1) is 15.0. The van der Waals surface area contributed by atoms with E-state index in [0.717, 1.165) is 16.5 Å². The molecule has 0 fully saturated rings. The Morgan fingerprint density at radius 2 is 1.87 bits per heavy atom. The fraction of sp³-hybridized carbons (Fsp3) is 0.182. The van der Waals surface area contributed by atoms with Crippen LogP contribution in [-0.2, 0) is 4.79 Å². The molecule has 158 valence electrons. The van der Waals surface area contributed by atoms with Crippen molar-refractivity contribution in [1.82, 2.24) is 19.9 Å². The number of hydrogen-bond acceptors (Lipinski definition) is 6. The molecule has 0 radical (unpaired) electrons. The maximum atomic E-state index is 12.6. The van der Waals surface area contributed by atoms with E-state index in [1.807, 2.05) is 41.7 Å². The predicted octanol–water partition coefficient (Wildman–Crippen LogP) is 4.03. The molecule has 0 saturated carbocycles. The van der Waals surface area contributed by atoms with Gasteiger partial charge in [-0.25, -0.2) is 4.79 Å². The minimum atomic E-state index is -0.583. The van der Waals surface area contributed by atoms with Crippen molar-refractivity contribution in [3.05, 3.63) is 60.2 Å². The number of carbonyl (C=O) groups excluding carboxylic acids is 2. The highest BCUT2D eigenvalue weighted by Crippen LogP contribution is 2.30. The molecule has 4 rings (SSSR count). The van der Waals surface area contributed by atoms with Gasteiger partial charge in [0.05, 0.1) is 17.9 Å². The molecule has 31 heavy (non-hydrogen) atoms. The molecule has 8 nitrogen and oxygen atoms in total. The van der Waals surface area contributed by atoms with Gasteiger partial charge in [0.15, 0.2) is 10.8 Å². The molecule has 0 saturated heterocycles. The molecule has 2 aromatic carbocycles. The Kier molecular flexibility index (Phi) is 5.77. The number of imide groups is 1. The quantitative estimate of drug-likeness (QED) is 0.460. The number of ether oxygens (including phenoxy) is 1. The Hall–Kier alpha value is -3.59. The van der Waals surface area contributed by atoms with Crippen molar-refractivity contribution in [2.75, 3.05) is 12.4 Å². The van der Waals surface area contributed by atoms with Crippen LogP contribution in [0.1, 0.15) is 12.5 Å². The number of benzene rings is 2. The molecule has 2 heterocycles. The van der Waals surface area contributed by atoms with Crippen molar-refractivity contribution >= 4 is 45.9 Å². The second-order valence-corrected chi connectivity index (χ2v) is 8.26. The average molecular weight is 436 g/mol. The summed E-state index contributed by atoms with van der Waals surface area (Å²) in [5.41, 5.74) is 3.23. The number of methoxy groups -OCH3 is 1. The largest absolute Gasteiger partial charge is 0.497 e. The number of aryl methyl sites for hydroxylation is 1. The van der Waals surface area contributed by atoms with Gasteiger partial charge in [-0.3, -0.25) is 14.5 Å². The lowest BCUT2D eigenvalue weighted by Gasteiger charge is -2.12. The average Bonchev–Trinajstić information content (AvgIpc) is 3.16. The number of nitrogens with one attached hydrogen (secondary N) is 2. The lowest BCUT2D eigenvalue weighted by molar-refractivity contribution is -0.119. The van der Waals surface area contributed by atoms with Crippen molar-refractivity contribution in [2.45, 2.75) is 24.3 Å². The van der Waals surface area contributed by atoms with E-state index in [1.54, 1.807) is 38.3 Å². The van der Waals surface area contributed by atoms with Crippen LogP contribution >= 0.6 is 11.8 Å². The Morgan fingerprint density at radius 3 is 2.61 bits per heavy atom. The van der Waals surface area contributed by atoms with Gasteiger partial charge in [0, 0.05) is 17.1 Å². The van der Waals surface area contributed by atoms with Gasteiger partial charge in [0.2, 0.25) is 5.91 Å². The van der Waals surface area contributed by atoms with Crippen LogP contribution in [0.15, 0.2) is 59.8 Å². The fourth-order valence-electron chi connectivity index (χ4n) is 3.21. The first-order valence-corrected chi connectivity index (χ1v) is 10.5. The van der Waals surface area contributed by atoms with E-state index in [9.17, 15) is 9.59 Å². The number of thioether (sulfide) groups is 1. The predicted molar refractivity (Wildman–Crippen MR) is 121 cm³/mol. The zero-order chi connectivity index (χ0) is 22.0. The summed E-state index contributed by atoms with van der Waals surface area (Å²) < 4.78 is 7.26.